The monoisotopic (exact) mass is 260 g/mol. The molecule has 0 saturated heterocycles. The maximum Gasteiger partial charge on any atom is 0.297 e. The zero-order valence-electron chi connectivity index (χ0n) is 8.74. The molecule has 0 fully saturated rings. The van der Waals surface area contributed by atoms with E-state index in [2.05, 4.69) is 16.0 Å². The van der Waals surface area contributed by atoms with Crippen LogP contribution in [-0.2, 0) is 19.0 Å². The minimum absolute atomic E-state index is 0.0339. The number of nitro groups is 1. The van der Waals surface area contributed by atoms with E-state index in [4.69, 9.17) is 0 Å². The largest absolute Gasteiger partial charge is 0.377 e. The molecule has 1 aromatic rings. The van der Waals surface area contributed by atoms with E-state index in [9.17, 15) is 18.5 Å². The van der Waals surface area contributed by atoms with E-state index in [1.807, 2.05) is 0 Å². The maximum atomic E-state index is 11.5. The molecule has 0 spiro atoms. The van der Waals surface area contributed by atoms with Crippen LogP contribution in [0.4, 0.5) is 5.69 Å². The fraction of sp³-hybridized carbons (Fsp3) is 0.222. The van der Waals surface area contributed by atoms with Gasteiger partial charge in [0.15, 0.2) is 0 Å². The number of benzene rings is 1. The lowest BCUT2D eigenvalue weighted by atomic mass is 10.3. The Bertz CT molecular complexity index is 481. The molecule has 17 heavy (non-hydrogen) atoms. The quantitative estimate of drug-likeness (QED) is 0.329. The molecule has 1 rings (SSSR count). The summed E-state index contributed by atoms with van der Waals surface area (Å²) in [5.41, 5.74) is -0.190. The van der Waals surface area contributed by atoms with E-state index < -0.39 is 15.0 Å². The van der Waals surface area contributed by atoms with Crippen LogP contribution in [-0.4, -0.2) is 26.6 Å². The lowest BCUT2D eigenvalue weighted by Crippen LogP contribution is -2.10. The summed E-state index contributed by atoms with van der Waals surface area (Å²) >= 11 is 0. The van der Waals surface area contributed by atoms with Crippen LogP contribution in [0.25, 0.3) is 0 Å². The molecule has 0 aromatic heterocycles. The van der Waals surface area contributed by atoms with Crippen LogP contribution in [0.5, 0.6) is 0 Å². The first kappa shape index (κ1) is 13.6. The molecule has 0 aliphatic rings. The molecule has 0 heterocycles. The third kappa shape index (κ3) is 3.77. The predicted molar refractivity (Wildman–Crippen MR) is 57.5 cm³/mol. The first-order chi connectivity index (χ1) is 7.97. The number of rotatable bonds is 6. The predicted octanol–water partition coefficient (Wildman–Crippen LogP) is 1.11. The van der Waals surface area contributed by atoms with Crippen LogP contribution in [0.3, 0.4) is 0 Å². The number of hydrogen-bond donors (Lipinski definition) is 0. The Morgan fingerprint density at radius 1 is 1.24 bits per heavy atom. The van der Waals surface area contributed by atoms with Crippen LogP contribution >= 0.6 is 0 Å². The third-order valence-electron chi connectivity index (χ3n) is 1.80. The van der Waals surface area contributed by atoms with Crippen LogP contribution in [0.1, 0.15) is 0 Å². The van der Waals surface area contributed by atoms with Crippen molar-refractivity contribution in [1.82, 2.24) is 0 Å². The first-order valence-corrected chi connectivity index (χ1v) is 5.89. The Morgan fingerprint density at radius 2 is 1.82 bits per heavy atom. The van der Waals surface area contributed by atoms with Gasteiger partial charge >= 0.3 is 0 Å². The standard InChI is InChI=1S/C9H10NO6S/c1-15-6-7-16-17(13,14)9-4-2-8(3-5-9)10(11)12/h2-5H,1,6-7H2. The Hall–Kier alpha value is -1.51. The molecule has 1 radical (unpaired) electrons. The van der Waals surface area contributed by atoms with Crippen LogP contribution in [0.2, 0.25) is 0 Å². The highest BCUT2D eigenvalue weighted by molar-refractivity contribution is 7.86. The van der Waals surface area contributed by atoms with Gasteiger partial charge in [0.25, 0.3) is 15.8 Å². The van der Waals surface area contributed by atoms with Crippen molar-refractivity contribution in [3.63, 3.8) is 0 Å². The van der Waals surface area contributed by atoms with Crippen molar-refractivity contribution in [3.05, 3.63) is 41.5 Å². The normalized spacial score (nSPS) is 11.4. The minimum atomic E-state index is -3.91. The van der Waals surface area contributed by atoms with Crippen molar-refractivity contribution < 1.29 is 22.3 Å². The molecule has 0 N–H and O–H groups in total. The molecule has 0 saturated carbocycles. The van der Waals surface area contributed by atoms with Crippen LogP contribution < -0.4 is 0 Å². The van der Waals surface area contributed by atoms with E-state index >= 15 is 0 Å². The number of non-ortho nitro benzene ring substituents is 1. The fourth-order valence-corrected chi connectivity index (χ4v) is 1.90. The first-order valence-electron chi connectivity index (χ1n) is 4.48. The van der Waals surface area contributed by atoms with Crippen LogP contribution in [0.15, 0.2) is 29.2 Å². The summed E-state index contributed by atoms with van der Waals surface area (Å²) in [6, 6.07) is 4.40. The molecule has 93 valence electrons. The SMILES string of the molecule is [CH2]OCCOS(=O)(=O)c1ccc([N+](=O)[O-])cc1. The molecule has 0 atom stereocenters. The zero-order chi connectivity index (χ0) is 12.9. The molecule has 8 heteroatoms. The van der Waals surface area contributed by atoms with Crippen LogP contribution in [0, 0.1) is 17.2 Å². The highest BCUT2D eigenvalue weighted by Gasteiger charge is 2.16. The summed E-state index contributed by atoms with van der Waals surface area (Å²) in [4.78, 5) is 9.61. The number of ether oxygens (including phenoxy) is 1. The van der Waals surface area contributed by atoms with Gasteiger partial charge in [-0.1, -0.05) is 0 Å². The molecule has 0 bridgehead atoms. The summed E-state index contributed by atoms with van der Waals surface area (Å²) in [6.45, 7) is -0.130. The highest BCUT2D eigenvalue weighted by atomic mass is 32.2. The summed E-state index contributed by atoms with van der Waals surface area (Å²) in [5.74, 6) is 0. The topological polar surface area (TPSA) is 95.7 Å². The van der Waals surface area contributed by atoms with E-state index in [0.717, 1.165) is 24.3 Å². The van der Waals surface area contributed by atoms with Crippen molar-refractivity contribution in [2.24, 2.45) is 0 Å². The average molecular weight is 260 g/mol. The van der Waals surface area contributed by atoms with Gasteiger partial charge in [-0.25, -0.2) is 0 Å². The van der Waals surface area contributed by atoms with E-state index in [-0.39, 0.29) is 23.8 Å². The summed E-state index contributed by atoms with van der Waals surface area (Å²) in [5, 5.41) is 10.4. The molecule has 0 aliphatic heterocycles. The number of nitrogens with zero attached hydrogens (tertiary/aromatic N) is 1. The average Bonchev–Trinajstić information content (AvgIpc) is 2.29. The van der Waals surface area contributed by atoms with Gasteiger partial charge in [-0.15, -0.1) is 0 Å². The van der Waals surface area contributed by atoms with Crippen molar-refractivity contribution in [2.45, 2.75) is 4.90 Å². The van der Waals surface area contributed by atoms with Gasteiger partial charge in [-0.2, -0.15) is 8.42 Å². The zero-order valence-corrected chi connectivity index (χ0v) is 9.55. The summed E-state index contributed by atoms with van der Waals surface area (Å²) in [6.07, 6.45) is 0. The van der Waals surface area contributed by atoms with Gasteiger partial charge in [0, 0.05) is 12.1 Å². The molecule has 7 nitrogen and oxygen atoms in total. The second-order valence-electron chi connectivity index (χ2n) is 2.94. The van der Waals surface area contributed by atoms with Crippen molar-refractivity contribution in [2.75, 3.05) is 13.2 Å². The highest BCUT2D eigenvalue weighted by Crippen LogP contribution is 2.17. The van der Waals surface area contributed by atoms with E-state index in [1.165, 1.54) is 0 Å². The number of hydrogen-bond acceptors (Lipinski definition) is 6. The minimum Gasteiger partial charge on any atom is -0.377 e. The molecule has 0 unspecified atom stereocenters. The second-order valence-corrected chi connectivity index (χ2v) is 4.55. The molecule has 0 amide bonds. The molecule has 1 aromatic carbocycles. The van der Waals surface area contributed by atoms with E-state index in [0.29, 0.717) is 0 Å². The molecule has 0 aliphatic carbocycles. The van der Waals surface area contributed by atoms with Gasteiger partial charge < -0.3 is 4.74 Å². The fourth-order valence-electron chi connectivity index (χ4n) is 1.01. The molecular formula is C9H10NO6S. The lowest BCUT2D eigenvalue weighted by molar-refractivity contribution is -0.384. The lowest BCUT2D eigenvalue weighted by Gasteiger charge is -2.04. The van der Waals surface area contributed by atoms with Crippen molar-refractivity contribution in [1.29, 1.82) is 0 Å². The van der Waals surface area contributed by atoms with Gasteiger partial charge in [0.05, 0.1) is 30.1 Å². The second kappa shape index (κ2) is 5.71. The smallest absolute Gasteiger partial charge is 0.297 e. The maximum absolute atomic E-state index is 11.5. The Kier molecular flexibility index (Phi) is 4.55. The van der Waals surface area contributed by atoms with Gasteiger partial charge in [-0.05, 0) is 12.1 Å². The summed E-state index contributed by atoms with van der Waals surface area (Å²) in [7, 11) is -0.846. The van der Waals surface area contributed by atoms with Gasteiger partial charge in [0.1, 0.15) is 0 Å². The number of nitro benzene ring substituents is 1. The Labute approximate surface area is 98.2 Å². The van der Waals surface area contributed by atoms with Gasteiger partial charge in [0.2, 0.25) is 0 Å². The van der Waals surface area contributed by atoms with Crippen molar-refractivity contribution >= 4 is 15.8 Å². The Balaban J connectivity index is 2.81. The third-order valence-corrected chi connectivity index (χ3v) is 3.13. The molecular weight excluding hydrogens is 250 g/mol. The summed E-state index contributed by atoms with van der Waals surface area (Å²) < 4.78 is 32.0. The Morgan fingerprint density at radius 3 is 2.29 bits per heavy atom. The van der Waals surface area contributed by atoms with Gasteiger partial charge in [-0.3, -0.25) is 14.3 Å². The van der Waals surface area contributed by atoms with E-state index in [1.54, 1.807) is 0 Å². The van der Waals surface area contributed by atoms with Crippen molar-refractivity contribution in [3.8, 4) is 0 Å².